The van der Waals surface area contributed by atoms with Gasteiger partial charge in [-0.2, -0.15) is 9.50 Å². The Morgan fingerprint density at radius 3 is 2.92 bits per heavy atom. The van der Waals surface area contributed by atoms with E-state index >= 15 is 0 Å². The third kappa shape index (κ3) is 3.55. The quantitative estimate of drug-likeness (QED) is 0.817. The molecule has 0 spiro atoms. The highest BCUT2D eigenvalue weighted by molar-refractivity contribution is 5.79. The molecule has 128 valence electrons. The van der Waals surface area contributed by atoms with Crippen LogP contribution in [-0.2, 0) is 11.2 Å². The lowest BCUT2D eigenvalue weighted by atomic mass is 9.97. The molecule has 2 aromatic rings. The molecule has 7 nitrogen and oxygen atoms in total. The van der Waals surface area contributed by atoms with Crippen LogP contribution in [0.4, 0.5) is 5.95 Å². The first-order chi connectivity index (χ1) is 11.5. The van der Waals surface area contributed by atoms with Crippen LogP contribution < -0.4 is 11.1 Å². The molecular weight excluding hydrogens is 304 g/mol. The average molecular weight is 328 g/mol. The van der Waals surface area contributed by atoms with Crippen molar-refractivity contribution in [3.63, 3.8) is 0 Å². The number of carbonyl (C=O) groups is 1. The molecule has 2 heterocycles. The Hall–Kier alpha value is -2.44. The van der Waals surface area contributed by atoms with E-state index in [1.54, 1.807) is 4.52 Å². The highest BCUT2D eigenvalue weighted by Crippen LogP contribution is 2.19. The molecule has 1 aliphatic rings. The topological polar surface area (TPSA) is 98.2 Å². The van der Waals surface area contributed by atoms with Gasteiger partial charge in [0.25, 0.3) is 5.78 Å². The molecule has 24 heavy (non-hydrogen) atoms. The van der Waals surface area contributed by atoms with Crippen LogP contribution in [0.25, 0.3) is 5.78 Å². The standard InChI is InChI=1S/C17H24N6O/c1-11-14(12(2)23-17(20-11)21-16(18)22-23)10-15(24)19-9-8-13-6-4-3-5-7-13/h6H,3-5,7-10H2,1-2H3,(H2,18,22)(H,19,24). The lowest BCUT2D eigenvalue weighted by Crippen LogP contribution is -2.27. The summed E-state index contributed by atoms with van der Waals surface area (Å²) in [6, 6.07) is 0. The third-order valence-corrected chi connectivity index (χ3v) is 4.56. The van der Waals surface area contributed by atoms with E-state index in [0.717, 1.165) is 23.4 Å². The summed E-state index contributed by atoms with van der Waals surface area (Å²) < 4.78 is 1.60. The molecule has 0 bridgehead atoms. The molecule has 1 aliphatic carbocycles. The molecule has 2 aromatic heterocycles. The number of nitrogen functional groups attached to an aromatic ring is 1. The second kappa shape index (κ2) is 6.98. The molecular formula is C17H24N6O. The van der Waals surface area contributed by atoms with Crippen LogP contribution in [0.15, 0.2) is 11.6 Å². The zero-order valence-electron chi connectivity index (χ0n) is 14.3. The van der Waals surface area contributed by atoms with Crippen molar-refractivity contribution in [2.45, 2.75) is 52.4 Å². The van der Waals surface area contributed by atoms with Crippen LogP contribution in [0.1, 0.15) is 49.1 Å². The van der Waals surface area contributed by atoms with Gasteiger partial charge in [-0.3, -0.25) is 4.79 Å². The van der Waals surface area contributed by atoms with Crippen LogP contribution in [0.2, 0.25) is 0 Å². The zero-order valence-corrected chi connectivity index (χ0v) is 14.3. The fourth-order valence-corrected chi connectivity index (χ4v) is 3.20. The molecule has 1 amide bonds. The summed E-state index contributed by atoms with van der Waals surface area (Å²) in [5.41, 5.74) is 9.62. The van der Waals surface area contributed by atoms with Crippen molar-refractivity contribution in [3.05, 3.63) is 28.6 Å². The van der Waals surface area contributed by atoms with Crippen LogP contribution in [0.3, 0.4) is 0 Å². The minimum Gasteiger partial charge on any atom is -0.366 e. The highest BCUT2D eigenvalue weighted by Gasteiger charge is 2.15. The Balaban J connectivity index is 1.63. The van der Waals surface area contributed by atoms with Gasteiger partial charge in [0.1, 0.15) is 0 Å². The SMILES string of the molecule is Cc1nc2nc(N)nn2c(C)c1CC(=O)NCCC1=CCCCC1. The molecule has 0 aromatic carbocycles. The summed E-state index contributed by atoms with van der Waals surface area (Å²) in [5.74, 6) is 0.662. The maximum Gasteiger partial charge on any atom is 0.254 e. The van der Waals surface area contributed by atoms with E-state index in [1.165, 1.54) is 31.3 Å². The molecule has 0 saturated carbocycles. The van der Waals surface area contributed by atoms with Gasteiger partial charge in [0.2, 0.25) is 11.9 Å². The van der Waals surface area contributed by atoms with Crippen LogP contribution in [0, 0.1) is 13.8 Å². The number of hydrogen-bond donors (Lipinski definition) is 2. The maximum absolute atomic E-state index is 12.3. The number of anilines is 1. The number of nitrogens with one attached hydrogen (secondary N) is 1. The fourth-order valence-electron chi connectivity index (χ4n) is 3.20. The lowest BCUT2D eigenvalue weighted by Gasteiger charge is -2.14. The summed E-state index contributed by atoms with van der Waals surface area (Å²) in [6.07, 6.45) is 8.45. The van der Waals surface area contributed by atoms with Gasteiger partial charge in [0.05, 0.1) is 6.42 Å². The first-order valence-electron chi connectivity index (χ1n) is 8.47. The smallest absolute Gasteiger partial charge is 0.254 e. The van der Waals surface area contributed by atoms with Gasteiger partial charge in [0, 0.05) is 23.5 Å². The van der Waals surface area contributed by atoms with Gasteiger partial charge in [-0.1, -0.05) is 11.6 Å². The number of aromatic nitrogens is 4. The van der Waals surface area contributed by atoms with Crippen LogP contribution in [0.5, 0.6) is 0 Å². The Morgan fingerprint density at radius 1 is 1.33 bits per heavy atom. The van der Waals surface area contributed by atoms with Gasteiger partial charge in [-0.05, 0) is 46.0 Å². The van der Waals surface area contributed by atoms with Gasteiger partial charge in [-0.25, -0.2) is 4.98 Å². The monoisotopic (exact) mass is 328 g/mol. The fraction of sp³-hybridized carbons (Fsp3) is 0.529. The lowest BCUT2D eigenvalue weighted by molar-refractivity contribution is -0.120. The summed E-state index contributed by atoms with van der Waals surface area (Å²) >= 11 is 0. The van der Waals surface area contributed by atoms with Crippen molar-refractivity contribution in [3.8, 4) is 0 Å². The van der Waals surface area contributed by atoms with Gasteiger partial charge in [0.15, 0.2) is 0 Å². The van der Waals surface area contributed by atoms with Crippen molar-refractivity contribution in [1.82, 2.24) is 24.9 Å². The summed E-state index contributed by atoms with van der Waals surface area (Å²) in [5, 5.41) is 7.14. The normalized spacial score (nSPS) is 14.7. The molecule has 3 N–H and O–H groups in total. The summed E-state index contributed by atoms with van der Waals surface area (Å²) in [7, 11) is 0. The number of rotatable bonds is 5. The Labute approximate surface area is 141 Å². The van der Waals surface area contributed by atoms with E-state index in [2.05, 4.69) is 26.5 Å². The number of carbonyl (C=O) groups excluding carboxylic acids is 1. The van der Waals surface area contributed by atoms with Crippen molar-refractivity contribution < 1.29 is 4.79 Å². The Kier molecular flexibility index (Phi) is 4.78. The van der Waals surface area contributed by atoms with E-state index in [-0.39, 0.29) is 11.9 Å². The molecule has 0 unspecified atom stereocenters. The van der Waals surface area contributed by atoms with Gasteiger partial charge >= 0.3 is 0 Å². The minimum absolute atomic E-state index is 0.00634. The van der Waals surface area contributed by atoms with Gasteiger partial charge < -0.3 is 11.1 Å². The van der Waals surface area contributed by atoms with Crippen LogP contribution >= 0.6 is 0 Å². The number of hydrogen-bond acceptors (Lipinski definition) is 5. The Bertz CT molecular complexity index is 792. The highest BCUT2D eigenvalue weighted by atomic mass is 16.1. The van der Waals surface area contributed by atoms with E-state index in [0.29, 0.717) is 18.7 Å². The average Bonchev–Trinajstić information content (AvgIpc) is 2.93. The molecule has 0 atom stereocenters. The van der Waals surface area contributed by atoms with Gasteiger partial charge in [-0.15, -0.1) is 5.10 Å². The maximum atomic E-state index is 12.3. The first kappa shape index (κ1) is 16.4. The molecule has 0 radical (unpaired) electrons. The predicted octanol–water partition coefficient (Wildman–Crippen LogP) is 1.87. The van der Waals surface area contributed by atoms with Crippen molar-refractivity contribution in [2.24, 2.45) is 0 Å². The van der Waals surface area contributed by atoms with Crippen LogP contribution in [-0.4, -0.2) is 32.0 Å². The van der Waals surface area contributed by atoms with Crippen molar-refractivity contribution in [1.29, 1.82) is 0 Å². The summed E-state index contributed by atoms with van der Waals surface area (Å²) in [4.78, 5) is 20.7. The molecule has 0 aliphatic heterocycles. The van der Waals surface area contributed by atoms with Crippen molar-refractivity contribution in [2.75, 3.05) is 12.3 Å². The molecule has 0 saturated heterocycles. The van der Waals surface area contributed by atoms with Crippen molar-refractivity contribution >= 4 is 17.6 Å². The largest absolute Gasteiger partial charge is 0.366 e. The number of aryl methyl sites for hydroxylation is 2. The van der Waals surface area contributed by atoms with E-state index in [4.69, 9.17) is 5.73 Å². The number of nitrogens with zero attached hydrogens (tertiary/aromatic N) is 4. The molecule has 7 heteroatoms. The number of allylic oxidation sites excluding steroid dienone is 1. The van der Waals surface area contributed by atoms with E-state index in [9.17, 15) is 4.79 Å². The predicted molar refractivity (Wildman–Crippen MR) is 92.6 cm³/mol. The number of fused-ring (bicyclic) bond motifs is 1. The Morgan fingerprint density at radius 2 is 2.17 bits per heavy atom. The zero-order chi connectivity index (χ0) is 17.1. The molecule has 3 rings (SSSR count). The second-order valence-electron chi connectivity index (χ2n) is 6.33. The summed E-state index contributed by atoms with van der Waals surface area (Å²) in [6.45, 7) is 4.48. The van der Waals surface area contributed by atoms with E-state index < -0.39 is 0 Å². The molecule has 0 fully saturated rings. The third-order valence-electron chi connectivity index (χ3n) is 4.56. The number of amides is 1. The first-order valence-corrected chi connectivity index (χ1v) is 8.47. The number of nitrogens with two attached hydrogens (primary N) is 1. The van der Waals surface area contributed by atoms with E-state index in [1.807, 2.05) is 13.8 Å². The minimum atomic E-state index is 0.00634. The second-order valence-corrected chi connectivity index (χ2v) is 6.33.